The number of benzene rings is 2. The summed E-state index contributed by atoms with van der Waals surface area (Å²) in [5.74, 6) is 0. The lowest BCUT2D eigenvalue weighted by molar-refractivity contribution is 1.02. The van der Waals surface area contributed by atoms with Crippen molar-refractivity contribution in [3.05, 3.63) is 58.6 Å². The van der Waals surface area contributed by atoms with Gasteiger partial charge >= 0.3 is 0 Å². The lowest BCUT2D eigenvalue weighted by Crippen LogP contribution is -1.99. The summed E-state index contributed by atoms with van der Waals surface area (Å²) in [6.45, 7) is 0.552. The van der Waals surface area contributed by atoms with Gasteiger partial charge in [-0.3, -0.25) is 0 Å². The zero-order valence-corrected chi connectivity index (χ0v) is 11.1. The van der Waals surface area contributed by atoms with Gasteiger partial charge in [-0.15, -0.1) is 0 Å². The van der Waals surface area contributed by atoms with E-state index in [0.29, 0.717) is 6.54 Å². The Hall–Kier alpha value is -0.770. The van der Waals surface area contributed by atoms with E-state index in [9.17, 15) is 0 Å². The zero-order valence-electron chi connectivity index (χ0n) is 8.69. The van der Waals surface area contributed by atoms with Crippen LogP contribution in [0.15, 0.2) is 62.8 Å². The lowest BCUT2D eigenvalue weighted by Gasteiger charge is -2.09. The second-order valence-electron chi connectivity index (χ2n) is 3.34. The third kappa shape index (κ3) is 2.67. The molecule has 0 spiro atoms. The highest BCUT2D eigenvalue weighted by molar-refractivity contribution is 9.10. The molecule has 0 aromatic heterocycles. The minimum absolute atomic E-state index is 0.552. The molecule has 0 aliphatic heterocycles. The third-order valence-electron chi connectivity index (χ3n) is 2.25. The number of hydrogen-bond acceptors (Lipinski definition) is 2. The largest absolute Gasteiger partial charge is 0.326 e. The van der Waals surface area contributed by atoms with Gasteiger partial charge in [0.05, 0.1) is 0 Å². The van der Waals surface area contributed by atoms with Gasteiger partial charge in [0.15, 0.2) is 0 Å². The Morgan fingerprint density at radius 2 is 1.75 bits per heavy atom. The fourth-order valence-electron chi connectivity index (χ4n) is 1.45. The van der Waals surface area contributed by atoms with Crippen molar-refractivity contribution in [1.82, 2.24) is 0 Å². The van der Waals surface area contributed by atoms with Crippen LogP contribution < -0.4 is 5.73 Å². The zero-order chi connectivity index (χ0) is 11.4. The van der Waals surface area contributed by atoms with E-state index in [1.165, 1.54) is 9.79 Å². The molecule has 0 heterocycles. The van der Waals surface area contributed by atoms with Crippen molar-refractivity contribution in [3.63, 3.8) is 0 Å². The molecule has 0 radical (unpaired) electrons. The fraction of sp³-hybridized carbons (Fsp3) is 0.0769. The molecule has 0 saturated heterocycles. The molecule has 0 fully saturated rings. The smallest absolute Gasteiger partial charge is 0.0231 e. The van der Waals surface area contributed by atoms with Crippen LogP contribution in [0.5, 0.6) is 0 Å². The maximum Gasteiger partial charge on any atom is 0.0231 e. The predicted molar refractivity (Wildman–Crippen MR) is 72.6 cm³/mol. The van der Waals surface area contributed by atoms with Crippen LogP contribution in [0.25, 0.3) is 0 Å². The Morgan fingerprint density at radius 3 is 2.44 bits per heavy atom. The summed E-state index contributed by atoms with van der Waals surface area (Å²) >= 11 is 5.27. The average Bonchev–Trinajstić information content (AvgIpc) is 2.31. The molecule has 82 valence electrons. The van der Waals surface area contributed by atoms with Gasteiger partial charge in [-0.2, -0.15) is 0 Å². The lowest BCUT2D eigenvalue weighted by atomic mass is 10.2. The van der Waals surface area contributed by atoms with Crippen LogP contribution in [-0.4, -0.2) is 0 Å². The van der Waals surface area contributed by atoms with E-state index in [1.54, 1.807) is 11.8 Å². The molecule has 0 saturated carbocycles. The molecule has 2 aromatic carbocycles. The van der Waals surface area contributed by atoms with Crippen molar-refractivity contribution < 1.29 is 0 Å². The van der Waals surface area contributed by atoms with Crippen molar-refractivity contribution in [2.24, 2.45) is 5.73 Å². The van der Waals surface area contributed by atoms with E-state index < -0.39 is 0 Å². The van der Waals surface area contributed by atoms with E-state index in [1.807, 2.05) is 30.3 Å². The van der Waals surface area contributed by atoms with Crippen molar-refractivity contribution in [1.29, 1.82) is 0 Å². The Labute approximate surface area is 108 Å². The van der Waals surface area contributed by atoms with Gasteiger partial charge in [-0.05, 0) is 29.8 Å². The summed E-state index contributed by atoms with van der Waals surface area (Å²) in [7, 11) is 0. The van der Waals surface area contributed by atoms with Crippen LogP contribution >= 0.6 is 27.7 Å². The first kappa shape index (κ1) is 11.7. The van der Waals surface area contributed by atoms with E-state index in [0.717, 1.165) is 10.0 Å². The number of halogens is 1. The molecule has 0 bridgehead atoms. The van der Waals surface area contributed by atoms with Gasteiger partial charge in [0, 0.05) is 20.8 Å². The Kier molecular flexibility index (Phi) is 4.04. The van der Waals surface area contributed by atoms with E-state index in [-0.39, 0.29) is 0 Å². The maximum atomic E-state index is 5.76. The second-order valence-corrected chi connectivity index (χ2v) is 5.31. The van der Waals surface area contributed by atoms with Gasteiger partial charge in [0.25, 0.3) is 0 Å². The molecular formula is C13H12BrNS. The van der Waals surface area contributed by atoms with Crippen molar-refractivity contribution in [2.75, 3.05) is 0 Å². The number of nitrogens with two attached hydrogens (primary N) is 1. The van der Waals surface area contributed by atoms with Crippen LogP contribution in [0.2, 0.25) is 0 Å². The van der Waals surface area contributed by atoms with Crippen LogP contribution in [-0.2, 0) is 6.54 Å². The van der Waals surface area contributed by atoms with Crippen LogP contribution in [0.1, 0.15) is 5.56 Å². The minimum atomic E-state index is 0.552. The van der Waals surface area contributed by atoms with Crippen LogP contribution in [0.4, 0.5) is 0 Å². The normalized spacial score (nSPS) is 10.4. The van der Waals surface area contributed by atoms with E-state index >= 15 is 0 Å². The standard InChI is InChI=1S/C13H12BrNS/c14-12-7-4-8-13(11(12)9-15)16-10-5-2-1-3-6-10/h1-8H,9,15H2. The van der Waals surface area contributed by atoms with Gasteiger partial charge in [0.2, 0.25) is 0 Å². The summed E-state index contributed by atoms with van der Waals surface area (Å²) in [5.41, 5.74) is 6.93. The molecule has 3 heteroatoms. The average molecular weight is 294 g/mol. The molecule has 0 unspecified atom stereocenters. The highest BCUT2D eigenvalue weighted by Crippen LogP contribution is 2.33. The van der Waals surface area contributed by atoms with Gasteiger partial charge in [0.1, 0.15) is 0 Å². The molecule has 0 aliphatic rings. The molecule has 2 rings (SSSR count). The summed E-state index contributed by atoms with van der Waals surface area (Å²) < 4.78 is 1.08. The number of hydrogen-bond donors (Lipinski definition) is 1. The Bertz CT molecular complexity index is 471. The molecule has 0 amide bonds. The topological polar surface area (TPSA) is 26.0 Å². The fourth-order valence-corrected chi connectivity index (χ4v) is 3.12. The third-order valence-corrected chi connectivity index (χ3v) is 4.10. The Balaban J connectivity index is 2.31. The van der Waals surface area contributed by atoms with Crippen molar-refractivity contribution in [2.45, 2.75) is 16.3 Å². The molecule has 2 N–H and O–H groups in total. The predicted octanol–water partition coefficient (Wildman–Crippen LogP) is 4.06. The highest BCUT2D eigenvalue weighted by atomic mass is 79.9. The second kappa shape index (κ2) is 5.53. The number of rotatable bonds is 3. The maximum absolute atomic E-state index is 5.76. The van der Waals surface area contributed by atoms with Crippen molar-refractivity contribution in [3.8, 4) is 0 Å². The molecule has 16 heavy (non-hydrogen) atoms. The summed E-state index contributed by atoms with van der Waals surface area (Å²) in [6, 6.07) is 16.5. The van der Waals surface area contributed by atoms with E-state index in [2.05, 4.69) is 34.1 Å². The van der Waals surface area contributed by atoms with Gasteiger partial charge in [-0.1, -0.05) is 52.0 Å². The summed E-state index contributed by atoms with van der Waals surface area (Å²) in [4.78, 5) is 2.44. The molecular weight excluding hydrogens is 282 g/mol. The van der Waals surface area contributed by atoms with Crippen LogP contribution in [0.3, 0.4) is 0 Å². The van der Waals surface area contributed by atoms with Crippen LogP contribution in [0, 0.1) is 0 Å². The van der Waals surface area contributed by atoms with Crippen molar-refractivity contribution >= 4 is 27.7 Å². The van der Waals surface area contributed by atoms with Gasteiger partial charge < -0.3 is 5.73 Å². The summed E-state index contributed by atoms with van der Waals surface area (Å²) in [6.07, 6.45) is 0. The Morgan fingerprint density at radius 1 is 1.00 bits per heavy atom. The monoisotopic (exact) mass is 293 g/mol. The quantitative estimate of drug-likeness (QED) is 0.924. The first-order valence-corrected chi connectivity index (χ1v) is 6.62. The first-order chi connectivity index (χ1) is 7.81. The first-order valence-electron chi connectivity index (χ1n) is 5.01. The van der Waals surface area contributed by atoms with Gasteiger partial charge in [-0.25, -0.2) is 0 Å². The minimum Gasteiger partial charge on any atom is -0.326 e. The summed E-state index contributed by atoms with van der Waals surface area (Å²) in [5, 5.41) is 0. The SMILES string of the molecule is NCc1c(Br)cccc1Sc1ccccc1. The molecule has 0 aliphatic carbocycles. The highest BCUT2D eigenvalue weighted by Gasteiger charge is 2.05. The molecule has 0 atom stereocenters. The molecule has 2 aromatic rings. The van der Waals surface area contributed by atoms with E-state index in [4.69, 9.17) is 5.73 Å². The molecule has 1 nitrogen and oxygen atoms in total.